The second-order valence-corrected chi connectivity index (χ2v) is 4.52. The van der Waals surface area contributed by atoms with Gasteiger partial charge in [0, 0.05) is 11.8 Å². The van der Waals surface area contributed by atoms with Gasteiger partial charge in [-0.2, -0.15) is 5.26 Å². The van der Waals surface area contributed by atoms with E-state index in [1.807, 2.05) is 19.1 Å². The third-order valence-electron chi connectivity index (χ3n) is 3.23. The first kappa shape index (κ1) is 12.3. The highest BCUT2D eigenvalue weighted by atomic mass is 16.6. The van der Waals surface area contributed by atoms with Gasteiger partial charge in [0.2, 0.25) is 0 Å². The van der Waals surface area contributed by atoms with Gasteiger partial charge in [0.1, 0.15) is 24.8 Å². The summed E-state index contributed by atoms with van der Waals surface area (Å²) in [5.74, 6) is 1.32. The number of H-pyrrole nitrogens is 1. The molecule has 1 aromatic carbocycles. The molecule has 0 aliphatic carbocycles. The van der Waals surface area contributed by atoms with Crippen molar-refractivity contribution in [3.8, 4) is 28.7 Å². The molecule has 0 atom stereocenters. The summed E-state index contributed by atoms with van der Waals surface area (Å²) >= 11 is 0. The van der Waals surface area contributed by atoms with E-state index in [0.29, 0.717) is 30.3 Å². The molecular formula is C15H12N2O3. The molecule has 0 spiro atoms. The number of pyridine rings is 1. The number of hydrogen-bond acceptors (Lipinski definition) is 4. The van der Waals surface area contributed by atoms with Crippen LogP contribution in [-0.2, 0) is 0 Å². The molecule has 0 bridgehead atoms. The Morgan fingerprint density at radius 2 is 2.00 bits per heavy atom. The van der Waals surface area contributed by atoms with Gasteiger partial charge in [0.05, 0.1) is 0 Å². The number of nitriles is 1. The summed E-state index contributed by atoms with van der Waals surface area (Å²) in [6.45, 7) is 2.87. The Kier molecular flexibility index (Phi) is 2.92. The van der Waals surface area contributed by atoms with Gasteiger partial charge in [-0.05, 0) is 30.2 Å². The highest BCUT2D eigenvalue weighted by Gasteiger charge is 2.16. The van der Waals surface area contributed by atoms with Crippen LogP contribution in [0, 0.1) is 18.3 Å². The molecule has 3 rings (SSSR count). The third kappa shape index (κ3) is 1.91. The van der Waals surface area contributed by atoms with Crippen LogP contribution >= 0.6 is 0 Å². The van der Waals surface area contributed by atoms with Crippen LogP contribution in [0.5, 0.6) is 11.5 Å². The van der Waals surface area contributed by atoms with Gasteiger partial charge < -0.3 is 14.5 Å². The Morgan fingerprint density at radius 3 is 2.75 bits per heavy atom. The Labute approximate surface area is 115 Å². The quantitative estimate of drug-likeness (QED) is 0.858. The van der Waals surface area contributed by atoms with Crippen LogP contribution in [0.3, 0.4) is 0 Å². The van der Waals surface area contributed by atoms with E-state index in [-0.39, 0.29) is 11.1 Å². The van der Waals surface area contributed by atoms with Gasteiger partial charge in [0.25, 0.3) is 5.56 Å². The number of benzene rings is 1. The van der Waals surface area contributed by atoms with E-state index < -0.39 is 0 Å². The van der Waals surface area contributed by atoms with Crippen LogP contribution in [0.25, 0.3) is 11.1 Å². The van der Waals surface area contributed by atoms with Crippen molar-refractivity contribution < 1.29 is 9.47 Å². The fourth-order valence-corrected chi connectivity index (χ4v) is 2.31. The van der Waals surface area contributed by atoms with Gasteiger partial charge in [0.15, 0.2) is 11.5 Å². The molecule has 20 heavy (non-hydrogen) atoms. The van der Waals surface area contributed by atoms with E-state index >= 15 is 0 Å². The third-order valence-corrected chi connectivity index (χ3v) is 3.23. The number of ether oxygens (including phenoxy) is 2. The lowest BCUT2D eigenvalue weighted by molar-refractivity contribution is 0.171. The molecule has 1 N–H and O–H groups in total. The van der Waals surface area contributed by atoms with Crippen LogP contribution in [-0.4, -0.2) is 18.2 Å². The van der Waals surface area contributed by atoms with Crippen LogP contribution < -0.4 is 15.0 Å². The summed E-state index contributed by atoms with van der Waals surface area (Å²) in [6, 6.07) is 7.40. The van der Waals surface area contributed by atoms with Crippen molar-refractivity contribution in [1.29, 1.82) is 5.26 Å². The number of nitrogens with zero attached hydrogens (tertiary/aromatic N) is 1. The lowest BCUT2D eigenvalue weighted by atomic mass is 9.97. The minimum Gasteiger partial charge on any atom is -0.486 e. The molecule has 5 heteroatoms. The number of hydrogen-bond donors (Lipinski definition) is 1. The molecule has 100 valence electrons. The summed E-state index contributed by atoms with van der Waals surface area (Å²) < 4.78 is 11.0. The van der Waals surface area contributed by atoms with Crippen LogP contribution in [0.15, 0.2) is 29.2 Å². The largest absolute Gasteiger partial charge is 0.486 e. The van der Waals surface area contributed by atoms with E-state index in [4.69, 9.17) is 9.47 Å². The molecule has 0 fully saturated rings. The number of rotatable bonds is 1. The SMILES string of the molecule is Cc1c[nH]c(=O)c(C#N)c1-c1ccc2c(c1)OCCO2. The second-order valence-electron chi connectivity index (χ2n) is 4.52. The zero-order valence-corrected chi connectivity index (χ0v) is 10.9. The second kappa shape index (κ2) is 4.74. The number of aromatic amines is 1. The Bertz CT molecular complexity index is 772. The minimum absolute atomic E-state index is 0.113. The van der Waals surface area contributed by atoms with Gasteiger partial charge in [-0.25, -0.2) is 0 Å². The van der Waals surface area contributed by atoms with Crippen molar-refractivity contribution >= 4 is 0 Å². The molecule has 5 nitrogen and oxygen atoms in total. The smallest absolute Gasteiger partial charge is 0.266 e. The van der Waals surface area contributed by atoms with Crippen LogP contribution in [0.4, 0.5) is 0 Å². The lowest BCUT2D eigenvalue weighted by Crippen LogP contribution is -2.15. The first-order chi connectivity index (χ1) is 9.70. The maximum absolute atomic E-state index is 11.8. The predicted octanol–water partition coefficient (Wildman–Crippen LogP) is 1.99. The lowest BCUT2D eigenvalue weighted by Gasteiger charge is -2.19. The molecular weight excluding hydrogens is 256 g/mol. The number of nitrogens with one attached hydrogen (secondary N) is 1. The Balaban J connectivity index is 2.22. The molecule has 0 amide bonds. The average molecular weight is 268 g/mol. The number of fused-ring (bicyclic) bond motifs is 1. The first-order valence-corrected chi connectivity index (χ1v) is 6.23. The molecule has 1 aliphatic rings. The van der Waals surface area contributed by atoms with Crippen molar-refractivity contribution in [3.63, 3.8) is 0 Å². The topological polar surface area (TPSA) is 75.1 Å². The van der Waals surface area contributed by atoms with E-state index in [9.17, 15) is 10.1 Å². The predicted molar refractivity (Wildman–Crippen MR) is 72.9 cm³/mol. The highest BCUT2D eigenvalue weighted by Crippen LogP contribution is 2.35. The Morgan fingerprint density at radius 1 is 1.25 bits per heavy atom. The zero-order chi connectivity index (χ0) is 14.1. The zero-order valence-electron chi connectivity index (χ0n) is 10.9. The van der Waals surface area contributed by atoms with Gasteiger partial charge in [-0.15, -0.1) is 0 Å². The monoisotopic (exact) mass is 268 g/mol. The molecule has 0 saturated heterocycles. The molecule has 0 saturated carbocycles. The molecule has 2 aromatic rings. The fourth-order valence-electron chi connectivity index (χ4n) is 2.31. The molecule has 1 aromatic heterocycles. The van der Waals surface area contributed by atoms with E-state index in [0.717, 1.165) is 11.1 Å². The first-order valence-electron chi connectivity index (χ1n) is 6.23. The van der Waals surface area contributed by atoms with E-state index in [1.54, 1.807) is 18.3 Å². The number of aromatic nitrogens is 1. The molecule has 0 radical (unpaired) electrons. The summed E-state index contributed by atoms with van der Waals surface area (Å²) in [4.78, 5) is 14.3. The van der Waals surface area contributed by atoms with Crippen molar-refractivity contribution in [2.24, 2.45) is 0 Å². The van der Waals surface area contributed by atoms with Crippen molar-refractivity contribution in [2.75, 3.05) is 13.2 Å². The summed E-state index contributed by atoms with van der Waals surface area (Å²) in [5, 5.41) is 9.20. The maximum atomic E-state index is 11.8. The van der Waals surface area contributed by atoms with Gasteiger partial charge in [-0.3, -0.25) is 4.79 Å². The fraction of sp³-hybridized carbons (Fsp3) is 0.200. The van der Waals surface area contributed by atoms with Gasteiger partial charge >= 0.3 is 0 Å². The van der Waals surface area contributed by atoms with Gasteiger partial charge in [-0.1, -0.05) is 6.07 Å². The van der Waals surface area contributed by atoms with Crippen molar-refractivity contribution in [2.45, 2.75) is 6.92 Å². The van der Waals surface area contributed by atoms with E-state index in [2.05, 4.69) is 4.98 Å². The molecule has 0 unspecified atom stereocenters. The standard InChI is InChI=1S/C15H12N2O3/c1-9-8-17-15(18)11(7-16)14(9)10-2-3-12-13(6-10)20-5-4-19-12/h2-3,6,8H,4-5H2,1H3,(H,17,18). The minimum atomic E-state index is -0.386. The van der Waals surface area contributed by atoms with E-state index in [1.165, 1.54) is 0 Å². The summed E-state index contributed by atoms with van der Waals surface area (Å²) in [6.07, 6.45) is 1.61. The molecule has 1 aliphatic heterocycles. The van der Waals surface area contributed by atoms with Crippen LogP contribution in [0.2, 0.25) is 0 Å². The van der Waals surface area contributed by atoms with Crippen LogP contribution in [0.1, 0.15) is 11.1 Å². The average Bonchev–Trinajstić information content (AvgIpc) is 2.48. The van der Waals surface area contributed by atoms with Crippen molar-refractivity contribution in [3.05, 3.63) is 45.9 Å². The summed E-state index contributed by atoms with van der Waals surface area (Å²) in [7, 11) is 0. The Hall–Kier alpha value is -2.74. The van der Waals surface area contributed by atoms with Crippen molar-refractivity contribution in [1.82, 2.24) is 4.98 Å². The summed E-state index contributed by atoms with van der Waals surface area (Å²) in [5.41, 5.74) is 1.96. The number of aryl methyl sites for hydroxylation is 1. The molecule has 2 heterocycles. The normalized spacial score (nSPS) is 12.8. The highest BCUT2D eigenvalue weighted by molar-refractivity contribution is 5.75. The maximum Gasteiger partial charge on any atom is 0.266 e.